The van der Waals surface area contributed by atoms with Gasteiger partial charge in [-0.15, -0.1) is 0 Å². The summed E-state index contributed by atoms with van der Waals surface area (Å²) in [7, 11) is -3.51. The van der Waals surface area contributed by atoms with E-state index in [1.54, 1.807) is 24.3 Å². The topological polar surface area (TPSA) is 83.5 Å². The largest absolute Gasteiger partial charge is 0.480 e. The number of carbonyl (C=O) groups is 1. The number of aliphatic carboxylic acids is 1. The van der Waals surface area contributed by atoms with Gasteiger partial charge in [-0.2, -0.15) is 0 Å². The third kappa shape index (κ3) is 4.54. The molecule has 17 heavy (non-hydrogen) atoms. The fourth-order valence-electron chi connectivity index (χ4n) is 1.33. The van der Waals surface area contributed by atoms with E-state index in [1.165, 1.54) is 6.92 Å². The van der Waals surface area contributed by atoms with E-state index in [0.717, 1.165) is 5.56 Å². The van der Waals surface area contributed by atoms with Gasteiger partial charge in [0.25, 0.3) is 0 Å². The Balaban J connectivity index is 2.78. The molecule has 1 rings (SSSR count). The maximum absolute atomic E-state index is 11.3. The van der Waals surface area contributed by atoms with E-state index in [0.29, 0.717) is 0 Å². The van der Waals surface area contributed by atoms with Crippen molar-refractivity contribution in [3.63, 3.8) is 0 Å². The van der Waals surface area contributed by atoms with Gasteiger partial charge in [0.1, 0.15) is 6.04 Å². The highest BCUT2D eigenvalue weighted by Crippen LogP contribution is 2.04. The number of sulfonamides is 1. The molecule has 0 aromatic heterocycles. The summed E-state index contributed by atoms with van der Waals surface area (Å²) in [6.07, 6.45) is 0.134. The summed E-state index contributed by atoms with van der Waals surface area (Å²) >= 11 is 0. The number of rotatable bonds is 6. The Hall–Kier alpha value is -1.40. The number of nitrogens with one attached hydrogen (secondary N) is 1. The average Bonchev–Trinajstić information content (AvgIpc) is 2.29. The Labute approximate surface area is 101 Å². The van der Waals surface area contributed by atoms with E-state index >= 15 is 0 Å². The van der Waals surface area contributed by atoms with Crippen LogP contribution in [0.1, 0.15) is 12.5 Å². The molecule has 0 unspecified atom stereocenters. The van der Waals surface area contributed by atoms with E-state index in [1.807, 2.05) is 6.07 Å². The molecule has 0 bridgehead atoms. The van der Waals surface area contributed by atoms with Gasteiger partial charge in [-0.25, -0.2) is 13.1 Å². The first kappa shape index (κ1) is 13.7. The van der Waals surface area contributed by atoms with E-state index < -0.39 is 22.0 Å². The standard InChI is InChI=1S/C11H15NO4S/c1-2-17(15,16)12-10(11(13)14)8-9-6-4-3-5-7-9/h3-7,10,12H,2,8H2,1H3,(H,13,14)/t10-/m0/s1. The molecule has 0 radical (unpaired) electrons. The lowest BCUT2D eigenvalue weighted by Gasteiger charge is -2.13. The Morgan fingerprint density at radius 1 is 1.35 bits per heavy atom. The fraction of sp³-hybridized carbons (Fsp3) is 0.364. The van der Waals surface area contributed by atoms with Gasteiger partial charge in [-0.1, -0.05) is 30.3 Å². The lowest BCUT2D eigenvalue weighted by atomic mass is 10.1. The molecular weight excluding hydrogens is 242 g/mol. The van der Waals surface area contributed by atoms with Crippen LogP contribution in [-0.4, -0.2) is 31.3 Å². The molecule has 6 heteroatoms. The molecule has 0 saturated heterocycles. The minimum atomic E-state index is -3.51. The maximum Gasteiger partial charge on any atom is 0.322 e. The second-order valence-electron chi connectivity index (χ2n) is 3.60. The van der Waals surface area contributed by atoms with Crippen molar-refractivity contribution in [2.45, 2.75) is 19.4 Å². The average molecular weight is 257 g/mol. The molecule has 0 amide bonds. The van der Waals surface area contributed by atoms with Crippen LogP contribution in [0.25, 0.3) is 0 Å². The molecular formula is C11H15NO4S. The van der Waals surface area contributed by atoms with Crippen molar-refractivity contribution < 1.29 is 18.3 Å². The van der Waals surface area contributed by atoms with Gasteiger partial charge in [-0.05, 0) is 18.9 Å². The zero-order chi connectivity index (χ0) is 12.9. The smallest absolute Gasteiger partial charge is 0.322 e. The molecule has 1 aromatic rings. The molecule has 5 nitrogen and oxygen atoms in total. The van der Waals surface area contributed by atoms with Crippen molar-refractivity contribution in [3.8, 4) is 0 Å². The quantitative estimate of drug-likeness (QED) is 0.782. The highest BCUT2D eigenvalue weighted by molar-refractivity contribution is 7.89. The van der Waals surface area contributed by atoms with Gasteiger partial charge in [0, 0.05) is 0 Å². The van der Waals surface area contributed by atoms with Crippen molar-refractivity contribution in [2.75, 3.05) is 5.75 Å². The molecule has 0 aliphatic rings. The summed E-state index contributed by atoms with van der Waals surface area (Å²) in [5.41, 5.74) is 0.777. The second kappa shape index (κ2) is 5.79. The summed E-state index contributed by atoms with van der Waals surface area (Å²) in [6, 6.07) is 7.77. The molecule has 0 saturated carbocycles. The van der Waals surface area contributed by atoms with Crippen LogP contribution in [0.2, 0.25) is 0 Å². The summed E-state index contributed by atoms with van der Waals surface area (Å²) in [5.74, 6) is -1.31. The minimum absolute atomic E-state index is 0.133. The first-order valence-corrected chi connectivity index (χ1v) is 6.86. The van der Waals surface area contributed by atoms with E-state index in [4.69, 9.17) is 5.11 Å². The number of hydrogen-bond acceptors (Lipinski definition) is 3. The van der Waals surface area contributed by atoms with Crippen LogP contribution < -0.4 is 4.72 Å². The van der Waals surface area contributed by atoms with Crippen molar-refractivity contribution in [1.29, 1.82) is 0 Å². The molecule has 1 aromatic carbocycles. The third-order valence-corrected chi connectivity index (χ3v) is 3.69. The monoisotopic (exact) mass is 257 g/mol. The molecule has 0 aliphatic carbocycles. The molecule has 0 fully saturated rings. The van der Waals surface area contributed by atoms with Crippen LogP contribution in [0.3, 0.4) is 0 Å². The van der Waals surface area contributed by atoms with Crippen molar-refractivity contribution >= 4 is 16.0 Å². The van der Waals surface area contributed by atoms with Crippen molar-refractivity contribution in [2.24, 2.45) is 0 Å². The van der Waals surface area contributed by atoms with E-state index in [9.17, 15) is 13.2 Å². The van der Waals surface area contributed by atoms with Gasteiger partial charge in [0.15, 0.2) is 0 Å². The van der Waals surface area contributed by atoms with Crippen LogP contribution in [-0.2, 0) is 21.2 Å². The minimum Gasteiger partial charge on any atom is -0.480 e. The van der Waals surface area contributed by atoms with E-state index in [2.05, 4.69) is 4.72 Å². The molecule has 2 N–H and O–H groups in total. The van der Waals surface area contributed by atoms with E-state index in [-0.39, 0.29) is 12.2 Å². The van der Waals surface area contributed by atoms with Gasteiger partial charge >= 0.3 is 5.97 Å². The first-order chi connectivity index (χ1) is 7.94. The zero-order valence-corrected chi connectivity index (χ0v) is 10.3. The zero-order valence-electron chi connectivity index (χ0n) is 9.46. The molecule has 0 heterocycles. The predicted octanol–water partition coefficient (Wildman–Crippen LogP) is 0.622. The molecule has 0 aliphatic heterocycles. The van der Waals surface area contributed by atoms with Crippen LogP contribution in [0, 0.1) is 0 Å². The summed E-state index contributed by atoms with van der Waals surface area (Å²) in [5, 5.41) is 8.97. The molecule has 0 spiro atoms. The Morgan fingerprint density at radius 2 is 1.94 bits per heavy atom. The molecule has 1 atom stereocenters. The highest BCUT2D eigenvalue weighted by atomic mass is 32.2. The number of hydrogen-bond donors (Lipinski definition) is 2. The summed E-state index contributed by atoms with van der Waals surface area (Å²) < 4.78 is 24.8. The number of carboxylic acid groups (broad SMARTS) is 1. The predicted molar refractivity (Wildman–Crippen MR) is 64.2 cm³/mol. The van der Waals surface area contributed by atoms with Crippen molar-refractivity contribution in [3.05, 3.63) is 35.9 Å². The van der Waals surface area contributed by atoms with Gasteiger partial charge < -0.3 is 5.11 Å². The number of benzene rings is 1. The SMILES string of the molecule is CCS(=O)(=O)N[C@@H](Cc1ccccc1)C(=O)O. The third-order valence-electron chi connectivity index (χ3n) is 2.28. The normalized spacial score (nSPS) is 13.2. The Morgan fingerprint density at radius 3 is 2.41 bits per heavy atom. The Kier molecular flexibility index (Phi) is 4.65. The lowest BCUT2D eigenvalue weighted by Crippen LogP contribution is -2.42. The second-order valence-corrected chi connectivity index (χ2v) is 5.64. The molecule has 94 valence electrons. The maximum atomic E-state index is 11.3. The first-order valence-electron chi connectivity index (χ1n) is 5.21. The number of carboxylic acids is 1. The van der Waals surface area contributed by atoms with Gasteiger partial charge in [-0.3, -0.25) is 4.79 Å². The lowest BCUT2D eigenvalue weighted by molar-refractivity contribution is -0.138. The summed E-state index contributed by atoms with van der Waals surface area (Å²) in [6.45, 7) is 1.46. The van der Waals surface area contributed by atoms with Crippen molar-refractivity contribution in [1.82, 2.24) is 4.72 Å². The van der Waals surface area contributed by atoms with Crippen LogP contribution >= 0.6 is 0 Å². The van der Waals surface area contributed by atoms with Crippen LogP contribution in [0.5, 0.6) is 0 Å². The van der Waals surface area contributed by atoms with Gasteiger partial charge in [0.2, 0.25) is 10.0 Å². The van der Waals surface area contributed by atoms with Crippen LogP contribution in [0.4, 0.5) is 0 Å². The fourth-order valence-corrected chi connectivity index (χ4v) is 2.11. The van der Waals surface area contributed by atoms with Crippen LogP contribution in [0.15, 0.2) is 30.3 Å². The highest BCUT2D eigenvalue weighted by Gasteiger charge is 2.22. The summed E-state index contributed by atoms with van der Waals surface area (Å²) in [4.78, 5) is 11.0. The van der Waals surface area contributed by atoms with Gasteiger partial charge in [0.05, 0.1) is 5.75 Å². The Bertz CT molecular complexity index is 470.